The molecule has 19 heavy (non-hydrogen) atoms. The van der Waals surface area contributed by atoms with Crippen molar-refractivity contribution in [1.82, 2.24) is 4.90 Å². The third-order valence-corrected chi connectivity index (χ3v) is 3.87. The Bertz CT molecular complexity index is 374. The van der Waals surface area contributed by atoms with Crippen LogP contribution in [0.1, 0.15) is 40.0 Å². The minimum atomic E-state index is -0.490. The molecule has 0 aliphatic carbocycles. The predicted molar refractivity (Wildman–Crippen MR) is 69.5 cm³/mol. The van der Waals surface area contributed by atoms with Crippen molar-refractivity contribution >= 4 is 11.9 Å². The molecule has 2 saturated heterocycles. The zero-order chi connectivity index (χ0) is 14.2. The van der Waals surface area contributed by atoms with Crippen LogP contribution in [0.4, 0.5) is 0 Å². The lowest BCUT2D eigenvalue weighted by atomic mass is 9.97. The summed E-state index contributed by atoms with van der Waals surface area (Å²) < 4.78 is 10.3. The topological polar surface area (TPSA) is 55.8 Å². The maximum absolute atomic E-state index is 12.2. The van der Waals surface area contributed by atoms with E-state index in [9.17, 15) is 9.59 Å². The van der Waals surface area contributed by atoms with Crippen LogP contribution in [-0.2, 0) is 19.1 Å². The highest BCUT2D eigenvalue weighted by molar-refractivity contribution is 5.80. The molecule has 0 spiro atoms. The minimum absolute atomic E-state index is 0.143. The molecule has 2 aliphatic heterocycles. The van der Waals surface area contributed by atoms with Gasteiger partial charge in [0.05, 0.1) is 13.0 Å². The highest BCUT2D eigenvalue weighted by Crippen LogP contribution is 2.38. The van der Waals surface area contributed by atoms with E-state index in [2.05, 4.69) is 4.90 Å². The summed E-state index contributed by atoms with van der Waals surface area (Å²) in [6.45, 7) is 6.44. The number of fused-ring (bicyclic) bond motifs is 1. The van der Waals surface area contributed by atoms with E-state index in [0.717, 1.165) is 19.4 Å². The molecule has 0 amide bonds. The van der Waals surface area contributed by atoms with Gasteiger partial charge in [0.15, 0.2) is 0 Å². The summed E-state index contributed by atoms with van der Waals surface area (Å²) in [7, 11) is 1.41. The van der Waals surface area contributed by atoms with Gasteiger partial charge in [-0.05, 0) is 46.6 Å². The number of esters is 2. The molecule has 2 aliphatic rings. The highest BCUT2D eigenvalue weighted by atomic mass is 16.6. The van der Waals surface area contributed by atoms with Crippen molar-refractivity contribution in [2.75, 3.05) is 13.7 Å². The molecule has 0 N–H and O–H groups in total. The molecular weight excluding hydrogens is 246 g/mol. The number of carbonyl (C=O) groups is 2. The molecule has 0 aromatic heterocycles. The number of hydrogen-bond acceptors (Lipinski definition) is 5. The Kier molecular flexibility index (Phi) is 3.85. The Labute approximate surface area is 114 Å². The molecule has 2 rings (SSSR count). The van der Waals surface area contributed by atoms with Gasteiger partial charge >= 0.3 is 11.9 Å². The molecule has 3 atom stereocenters. The van der Waals surface area contributed by atoms with Crippen molar-refractivity contribution in [3.05, 3.63) is 0 Å². The summed E-state index contributed by atoms with van der Waals surface area (Å²) in [6, 6.07) is -0.152. The molecule has 0 aromatic carbocycles. The van der Waals surface area contributed by atoms with Gasteiger partial charge in [0, 0.05) is 6.04 Å². The van der Waals surface area contributed by atoms with E-state index in [1.807, 2.05) is 20.8 Å². The molecule has 5 nitrogen and oxygen atoms in total. The molecular formula is C14H23NO4. The summed E-state index contributed by atoms with van der Waals surface area (Å²) in [6.07, 6.45) is 2.50. The van der Waals surface area contributed by atoms with Gasteiger partial charge in [0.1, 0.15) is 11.6 Å². The van der Waals surface area contributed by atoms with Crippen LogP contribution in [0.25, 0.3) is 0 Å². The van der Waals surface area contributed by atoms with Crippen LogP contribution in [0.2, 0.25) is 0 Å². The van der Waals surface area contributed by atoms with Crippen molar-refractivity contribution in [2.24, 2.45) is 5.92 Å². The van der Waals surface area contributed by atoms with Gasteiger partial charge in [-0.3, -0.25) is 14.5 Å². The average molecular weight is 269 g/mol. The third kappa shape index (κ3) is 2.91. The molecule has 0 radical (unpaired) electrons. The van der Waals surface area contributed by atoms with Gasteiger partial charge in [-0.1, -0.05) is 0 Å². The standard InChI is InChI=1S/C14H23NO4/c1-14(2,3)19-13(17)11-8-9(12(16)18-4)10-6-5-7-15(10)11/h9-11H,5-8H2,1-4H3/t9-,10-,11-/m0/s1. The molecule has 2 fully saturated rings. The van der Waals surface area contributed by atoms with Crippen LogP contribution in [-0.4, -0.2) is 48.2 Å². The first-order valence-corrected chi connectivity index (χ1v) is 6.90. The van der Waals surface area contributed by atoms with Crippen molar-refractivity contribution in [3.8, 4) is 0 Å². The maximum Gasteiger partial charge on any atom is 0.323 e. The number of methoxy groups -OCH3 is 1. The second kappa shape index (κ2) is 5.12. The van der Waals surface area contributed by atoms with Gasteiger partial charge in [-0.15, -0.1) is 0 Å². The minimum Gasteiger partial charge on any atom is -0.469 e. The van der Waals surface area contributed by atoms with E-state index in [-0.39, 0.29) is 29.9 Å². The van der Waals surface area contributed by atoms with Crippen LogP contribution in [0.5, 0.6) is 0 Å². The number of carbonyl (C=O) groups excluding carboxylic acids is 2. The summed E-state index contributed by atoms with van der Waals surface area (Å²) in [4.78, 5) is 26.2. The summed E-state index contributed by atoms with van der Waals surface area (Å²) >= 11 is 0. The first kappa shape index (κ1) is 14.3. The van der Waals surface area contributed by atoms with Crippen LogP contribution >= 0.6 is 0 Å². The number of rotatable bonds is 2. The SMILES string of the molecule is COC(=O)[C@H]1C[C@@H](C(=O)OC(C)(C)C)N2CCC[C@@H]12. The van der Waals surface area contributed by atoms with Gasteiger partial charge in [0.2, 0.25) is 0 Å². The molecule has 0 aromatic rings. The van der Waals surface area contributed by atoms with E-state index in [4.69, 9.17) is 9.47 Å². The van der Waals surface area contributed by atoms with Crippen LogP contribution in [0, 0.1) is 5.92 Å². The lowest BCUT2D eigenvalue weighted by molar-refractivity contribution is -0.160. The summed E-state index contributed by atoms with van der Waals surface area (Å²) in [5, 5.41) is 0. The zero-order valence-electron chi connectivity index (χ0n) is 12.1. The van der Waals surface area contributed by atoms with E-state index in [0.29, 0.717) is 6.42 Å². The van der Waals surface area contributed by atoms with E-state index >= 15 is 0 Å². The molecule has 0 unspecified atom stereocenters. The third-order valence-electron chi connectivity index (χ3n) is 3.87. The fraction of sp³-hybridized carbons (Fsp3) is 0.857. The largest absolute Gasteiger partial charge is 0.469 e. The number of hydrogen-bond donors (Lipinski definition) is 0. The fourth-order valence-corrected chi connectivity index (χ4v) is 3.17. The summed E-state index contributed by atoms with van der Waals surface area (Å²) in [5.41, 5.74) is -0.490. The quantitative estimate of drug-likeness (QED) is 0.708. The second-order valence-corrected chi connectivity index (χ2v) is 6.36. The smallest absolute Gasteiger partial charge is 0.323 e. The van der Waals surface area contributed by atoms with Crippen LogP contribution in [0.3, 0.4) is 0 Å². The Hall–Kier alpha value is -1.10. The lowest BCUT2D eigenvalue weighted by Gasteiger charge is -2.26. The van der Waals surface area contributed by atoms with Gasteiger partial charge in [-0.2, -0.15) is 0 Å². The maximum atomic E-state index is 12.2. The lowest BCUT2D eigenvalue weighted by Crippen LogP contribution is -2.41. The first-order valence-electron chi connectivity index (χ1n) is 6.90. The predicted octanol–water partition coefficient (Wildman–Crippen LogP) is 1.35. The Morgan fingerprint density at radius 2 is 1.89 bits per heavy atom. The van der Waals surface area contributed by atoms with E-state index < -0.39 is 5.60 Å². The first-order chi connectivity index (χ1) is 8.83. The molecule has 108 valence electrons. The average Bonchev–Trinajstić information content (AvgIpc) is 2.85. The monoisotopic (exact) mass is 269 g/mol. The van der Waals surface area contributed by atoms with E-state index in [1.54, 1.807) is 0 Å². The van der Waals surface area contributed by atoms with E-state index in [1.165, 1.54) is 7.11 Å². The molecule has 0 saturated carbocycles. The Morgan fingerprint density at radius 3 is 2.47 bits per heavy atom. The zero-order valence-corrected chi connectivity index (χ0v) is 12.1. The van der Waals surface area contributed by atoms with Crippen molar-refractivity contribution in [1.29, 1.82) is 0 Å². The molecule has 5 heteroatoms. The van der Waals surface area contributed by atoms with Crippen LogP contribution in [0.15, 0.2) is 0 Å². The van der Waals surface area contributed by atoms with Gasteiger partial charge in [0.25, 0.3) is 0 Å². The van der Waals surface area contributed by atoms with Gasteiger partial charge < -0.3 is 9.47 Å². The van der Waals surface area contributed by atoms with Crippen LogP contribution < -0.4 is 0 Å². The number of nitrogens with zero attached hydrogens (tertiary/aromatic N) is 1. The van der Waals surface area contributed by atoms with Crippen molar-refractivity contribution in [3.63, 3.8) is 0 Å². The fourth-order valence-electron chi connectivity index (χ4n) is 3.17. The summed E-state index contributed by atoms with van der Waals surface area (Å²) in [5.74, 6) is -0.612. The van der Waals surface area contributed by atoms with Crippen molar-refractivity contribution in [2.45, 2.75) is 57.7 Å². The normalized spacial score (nSPS) is 31.1. The van der Waals surface area contributed by atoms with Gasteiger partial charge in [-0.25, -0.2) is 0 Å². The molecule has 0 bridgehead atoms. The Balaban J connectivity index is 2.10. The van der Waals surface area contributed by atoms with Crippen molar-refractivity contribution < 1.29 is 19.1 Å². The second-order valence-electron chi connectivity index (χ2n) is 6.36. The Morgan fingerprint density at radius 1 is 1.21 bits per heavy atom. The highest BCUT2D eigenvalue weighted by Gasteiger charge is 2.50. The number of ether oxygens (including phenoxy) is 2. The molecule has 2 heterocycles.